The number of halogens is 2. The van der Waals surface area contributed by atoms with Gasteiger partial charge in [0.15, 0.2) is 0 Å². The smallest absolute Gasteiger partial charge is 0.280 e. The maximum Gasteiger partial charge on any atom is 0.280 e. The number of aromatic nitrogens is 3. The third kappa shape index (κ3) is 3.62. The quantitative estimate of drug-likeness (QED) is 0.699. The van der Waals surface area contributed by atoms with Crippen molar-refractivity contribution in [2.24, 2.45) is 0 Å². The Kier molecular flexibility index (Phi) is 4.96. The molecule has 1 aromatic heterocycles. The summed E-state index contributed by atoms with van der Waals surface area (Å²) in [6, 6.07) is 11.9. The van der Waals surface area contributed by atoms with Crippen molar-refractivity contribution in [3.05, 3.63) is 79.7 Å². The first-order chi connectivity index (χ1) is 12.0. The zero-order chi connectivity index (χ0) is 18.0. The van der Waals surface area contributed by atoms with E-state index in [1.807, 2.05) is 30.3 Å². The van der Waals surface area contributed by atoms with E-state index in [9.17, 15) is 9.18 Å². The largest absolute Gasteiger partial charge is 0.487 e. The fourth-order valence-corrected chi connectivity index (χ4v) is 2.67. The van der Waals surface area contributed by atoms with Crippen LogP contribution in [0.5, 0.6) is 5.75 Å². The molecule has 0 bridgehead atoms. The van der Waals surface area contributed by atoms with Gasteiger partial charge in [-0.25, -0.2) is 8.96 Å². The number of nitrogens with one attached hydrogen (secondary N) is 1. The molecule has 0 spiro atoms. The van der Waals surface area contributed by atoms with E-state index < -0.39 is 11.4 Å². The molecule has 0 radical (unpaired) electrons. The minimum atomic E-state index is -0.690. The summed E-state index contributed by atoms with van der Waals surface area (Å²) in [5.41, 5.74) is 0.525. The number of aryl methyl sites for hydroxylation is 1. The normalized spacial score (nSPS) is 10.7. The summed E-state index contributed by atoms with van der Waals surface area (Å²) in [4.78, 5) is 12.3. The summed E-state index contributed by atoms with van der Waals surface area (Å²) in [6.07, 6.45) is 0. The van der Waals surface area contributed by atoms with Gasteiger partial charge in [0.25, 0.3) is 5.56 Å². The molecule has 1 N–H and O–H groups in total. The van der Waals surface area contributed by atoms with Crippen LogP contribution in [0.4, 0.5) is 4.39 Å². The second kappa shape index (κ2) is 7.16. The maximum atomic E-state index is 14.4. The van der Waals surface area contributed by atoms with E-state index in [1.165, 1.54) is 13.0 Å². The first kappa shape index (κ1) is 17.3. The van der Waals surface area contributed by atoms with E-state index in [1.54, 1.807) is 0 Å². The number of hydrogen-bond acceptors (Lipinski definition) is 4. The predicted molar refractivity (Wildman–Crippen MR) is 95.5 cm³/mol. The monoisotopic (exact) mass is 377 g/mol. The molecule has 1 heterocycles. The van der Waals surface area contributed by atoms with E-state index in [-0.39, 0.29) is 33.5 Å². The Morgan fingerprint density at radius 1 is 1.32 bits per heavy atom. The molecule has 5 nitrogen and oxygen atoms in total. The first-order valence-corrected chi connectivity index (χ1v) is 8.10. The van der Waals surface area contributed by atoms with Crippen molar-refractivity contribution in [3.63, 3.8) is 0 Å². The van der Waals surface area contributed by atoms with Gasteiger partial charge < -0.3 is 4.74 Å². The van der Waals surface area contributed by atoms with Crippen molar-refractivity contribution in [2.45, 2.75) is 13.5 Å². The number of hydrogen-bond donors (Lipinski definition) is 1. The van der Waals surface area contributed by atoms with Crippen molar-refractivity contribution in [1.82, 2.24) is 14.8 Å². The highest BCUT2D eigenvalue weighted by Crippen LogP contribution is 2.30. The molecule has 0 amide bonds. The number of nitrogens with zero attached hydrogens (tertiary/aromatic N) is 2. The third-order valence-electron chi connectivity index (χ3n) is 3.51. The second-order valence-corrected chi connectivity index (χ2v) is 6.06. The van der Waals surface area contributed by atoms with Gasteiger partial charge in [0.05, 0.1) is 10.7 Å². The fraction of sp³-hybridized carbons (Fsp3) is 0.118. The zero-order valence-corrected chi connectivity index (χ0v) is 14.7. The Balaban J connectivity index is 2.04. The van der Waals surface area contributed by atoms with Crippen LogP contribution in [0.2, 0.25) is 5.02 Å². The lowest BCUT2D eigenvalue weighted by Gasteiger charge is -2.13. The third-order valence-corrected chi connectivity index (χ3v) is 4.08. The van der Waals surface area contributed by atoms with E-state index >= 15 is 0 Å². The Bertz CT molecular complexity index is 1030. The van der Waals surface area contributed by atoms with Crippen LogP contribution in [0.15, 0.2) is 47.3 Å². The molecule has 2 aromatic carbocycles. The lowest BCUT2D eigenvalue weighted by Crippen LogP contribution is -2.25. The average Bonchev–Trinajstić information content (AvgIpc) is 2.60. The van der Waals surface area contributed by atoms with Crippen LogP contribution in [-0.2, 0) is 6.61 Å². The van der Waals surface area contributed by atoms with Gasteiger partial charge in [0.2, 0.25) is 4.77 Å². The fourth-order valence-electron chi connectivity index (χ4n) is 2.24. The van der Waals surface area contributed by atoms with Gasteiger partial charge >= 0.3 is 0 Å². The SMILES string of the molecule is Cc1n[nH]c(=S)n(-c2cc(OCc3ccccc3)c(Cl)cc2F)c1=O. The molecule has 0 aliphatic carbocycles. The van der Waals surface area contributed by atoms with E-state index in [0.29, 0.717) is 0 Å². The molecule has 0 aliphatic rings. The highest BCUT2D eigenvalue weighted by Gasteiger charge is 2.15. The van der Waals surface area contributed by atoms with Crippen LogP contribution in [0.25, 0.3) is 5.69 Å². The van der Waals surface area contributed by atoms with Crippen molar-refractivity contribution in [1.29, 1.82) is 0 Å². The molecule has 0 saturated carbocycles. The predicted octanol–water partition coefficient (Wildman–Crippen LogP) is 3.97. The summed E-state index contributed by atoms with van der Waals surface area (Å²) < 4.78 is 21.1. The molecule has 0 saturated heterocycles. The van der Waals surface area contributed by atoms with Crippen LogP contribution in [-0.4, -0.2) is 14.8 Å². The van der Waals surface area contributed by atoms with Gasteiger partial charge in [-0.1, -0.05) is 41.9 Å². The van der Waals surface area contributed by atoms with Crippen LogP contribution >= 0.6 is 23.8 Å². The standard InChI is InChI=1S/C17H13ClFN3O2S/c1-10-16(23)22(17(25)21-20-10)14-8-15(12(18)7-13(14)19)24-9-11-5-3-2-4-6-11/h2-8H,9H2,1H3,(H,21,25). The van der Waals surface area contributed by atoms with Crippen molar-refractivity contribution in [2.75, 3.05) is 0 Å². The number of ether oxygens (including phenoxy) is 1. The van der Waals surface area contributed by atoms with Gasteiger partial charge in [-0.3, -0.25) is 9.89 Å². The molecule has 128 valence electrons. The first-order valence-electron chi connectivity index (χ1n) is 7.32. The maximum absolute atomic E-state index is 14.4. The van der Waals surface area contributed by atoms with Crippen LogP contribution in [0.1, 0.15) is 11.3 Å². The lowest BCUT2D eigenvalue weighted by molar-refractivity contribution is 0.306. The van der Waals surface area contributed by atoms with Gasteiger partial charge in [-0.2, -0.15) is 5.10 Å². The Morgan fingerprint density at radius 2 is 2.04 bits per heavy atom. The summed E-state index contributed by atoms with van der Waals surface area (Å²) in [5, 5.41) is 6.38. The highest BCUT2D eigenvalue weighted by molar-refractivity contribution is 7.71. The molecule has 0 aliphatic heterocycles. The van der Waals surface area contributed by atoms with Crippen molar-refractivity contribution < 1.29 is 9.13 Å². The molecular formula is C17H13ClFN3O2S. The Labute approximate surface area is 152 Å². The number of benzene rings is 2. The number of H-pyrrole nitrogens is 1. The van der Waals surface area contributed by atoms with Gasteiger partial charge in [0.1, 0.15) is 23.9 Å². The van der Waals surface area contributed by atoms with Crippen LogP contribution in [0.3, 0.4) is 0 Å². The summed E-state index contributed by atoms with van der Waals surface area (Å²) >= 11 is 11.1. The highest BCUT2D eigenvalue weighted by atomic mass is 35.5. The molecule has 3 aromatic rings. The van der Waals surface area contributed by atoms with Crippen LogP contribution in [0, 0.1) is 17.5 Å². The number of aromatic amines is 1. The zero-order valence-electron chi connectivity index (χ0n) is 13.1. The lowest BCUT2D eigenvalue weighted by atomic mass is 10.2. The average molecular weight is 378 g/mol. The van der Waals surface area contributed by atoms with Gasteiger partial charge in [-0.05, 0) is 30.8 Å². The van der Waals surface area contributed by atoms with Crippen LogP contribution < -0.4 is 10.3 Å². The molecule has 8 heteroatoms. The van der Waals surface area contributed by atoms with E-state index in [2.05, 4.69) is 10.2 Å². The van der Waals surface area contributed by atoms with E-state index in [0.717, 1.165) is 16.2 Å². The molecule has 0 fully saturated rings. The molecule has 3 rings (SSSR count). The molecule has 25 heavy (non-hydrogen) atoms. The van der Waals surface area contributed by atoms with E-state index in [4.69, 9.17) is 28.6 Å². The van der Waals surface area contributed by atoms with Gasteiger partial charge in [0, 0.05) is 6.07 Å². The Morgan fingerprint density at radius 3 is 2.76 bits per heavy atom. The minimum absolute atomic E-state index is 0.0224. The van der Waals surface area contributed by atoms with Crippen molar-refractivity contribution in [3.8, 4) is 11.4 Å². The summed E-state index contributed by atoms with van der Waals surface area (Å²) in [6.45, 7) is 1.76. The molecule has 0 unspecified atom stereocenters. The molecular weight excluding hydrogens is 365 g/mol. The molecule has 0 atom stereocenters. The number of rotatable bonds is 4. The Hall–Kier alpha value is -2.51. The minimum Gasteiger partial charge on any atom is -0.487 e. The van der Waals surface area contributed by atoms with Gasteiger partial charge in [-0.15, -0.1) is 0 Å². The van der Waals surface area contributed by atoms with Crippen molar-refractivity contribution >= 4 is 23.8 Å². The summed E-state index contributed by atoms with van der Waals surface area (Å²) in [7, 11) is 0. The second-order valence-electron chi connectivity index (χ2n) is 5.26. The topological polar surface area (TPSA) is 59.9 Å². The summed E-state index contributed by atoms with van der Waals surface area (Å²) in [5.74, 6) is -0.443.